The highest BCUT2D eigenvalue weighted by atomic mass is 127. The first-order chi connectivity index (χ1) is 14.4. The maximum Gasteiger partial charge on any atom is 0.258 e. The fraction of sp³-hybridized carbons (Fsp3) is 0.125. The molecule has 0 aromatic heterocycles. The molecule has 0 unspecified atom stereocenters. The second kappa shape index (κ2) is 8.57. The fourth-order valence-electron chi connectivity index (χ4n) is 3.49. The number of hydrogen-bond acceptors (Lipinski definition) is 3. The Hall–Kier alpha value is -2.71. The SMILES string of the molecule is CN(C)Cc1ccc(N/C(=C2\C(=O)Nc3cc(F)ccc32)c2ccc(I)cc2)cc1. The van der Waals surface area contributed by atoms with Crippen molar-refractivity contribution in [2.45, 2.75) is 6.54 Å². The minimum absolute atomic E-state index is 0.249. The fourth-order valence-corrected chi connectivity index (χ4v) is 3.85. The Kier molecular flexibility index (Phi) is 5.87. The molecule has 0 saturated carbocycles. The van der Waals surface area contributed by atoms with Gasteiger partial charge in [-0.3, -0.25) is 4.79 Å². The van der Waals surface area contributed by atoms with Crippen LogP contribution >= 0.6 is 22.6 Å². The molecule has 0 aliphatic carbocycles. The molecule has 1 heterocycles. The van der Waals surface area contributed by atoms with Crippen molar-refractivity contribution in [2.24, 2.45) is 0 Å². The van der Waals surface area contributed by atoms with E-state index in [1.165, 1.54) is 17.7 Å². The normalized spacial score (nSPS) is 14.5. The molecule has 1 amide bonds. The van der Waals surface area contributed by atoms with Crippen LogP contribution in [-0.2, 0) is 11.3 Å². The number of amides is 1. The largest absolute Gasteiger partial charge is 0.354 e. The molecule has 1 aliphatic rings. The number of carbonyl (C=O) groups excluding carboxylic acids is 1. The third-order valence-electron chi connectivity index (χ3n) is 4.83. The molecule has 4 rings (SSSR count). The zero-order valence-electron chi connectivity index (χ0n) is 16.7. The monoisotopic (exact) mass is 513 g/mol. The highest BCUT2D eigenvalue weighted by molar-refractivity contribution is 14.1. The van der Waals surface area contributed by atoms with Gasteiger partial charge in [0, 0.05) is 21.4 Å². The quantitative estimate of drug-likeness (QED) is 0.354. The van der Waals surface area contributed by atoms with E-state index >= 15 is 0 Å². The van der Waals surface area contributed by atoms with E-state index in [4.69, 9.17) is 0 Å². The summed E-state index contributed by atoms with van der Waals surface area (Å²) in [5.41, 5.74) is 5.33. The average Bonchev–Trinajstić information content (AvgIpc) is 3.02. The second-order valence-corrected chi connectivity index (χ2v) is 8.71. The van der Waals surface area contributed by atoms with E-state index in [9.17, 15) is 9.18 Å². The minimum atomic E-state index is -0.379. The number of carbonyl (C=O) groups is 1. The molecule has 0 bridgehead atoms. The standard InChI is InChI=1S/C24H21FIN3O/c1-29(2)14-15-3-10-19(11-4-15)27-23(16-5-8-18(26)9-6-16)22-20-12-7-17(25)13-21(20)28-24(22)30/h3-13,27H,14H2,1-2H3,(H,28,30)/b23-22-. The summed E-state index contributed by atoms with van der Waals surface area (Å²) < 4.78 is 14.8. The Balaban J connectivity index is 1.79. The molecule has 3 aromatic carbocycles. The number of rotatable bonds is 5. The molecule has 4 nitrogen and oxygen atoms in total. The zero-order chi connectivity index (χ0) is 21.3. The summed E-state index contributed by atoms with van der Waals surface area (Å²) in [5, 5.41) is 6.21. The van der Waals surface area contributed by atoms with Crippen LogP contribution in [0.15, 0.2) is 66.7 Å². The molecular formula is C24H21FIN3O. The van der Waals surface area contributed by atoms with Crippen molar-refractivity contribution >= 4 is 51.1 Å². The van der Waals surface area contributed by atoms with E-state index in [0.717, 1.165) is 21.4 Å². The maximum atomic E-state index is 13.7. The summed E-state index contributed by atoms with van der Waals surface area (Å²) in [6.07, 6.45) is 0. The van der Waals surface area contributed by atoms with Gasteiger partial charge in [-0.05, 0) is 90.3 Å². The minimum Gasteiger partial charge on any atom is -0.354 e. The predicted molar refractivity (Wildman–Crippen MR) is 128 cm³/mol. The van der Waals surface area contributed by atoms with Crippen molar-refractivity contribution in [2.75, 3.05) is 24.7 Å². The molecule has 0 radical (unpaired) electrons. The van der Waals surface area contributed by atoms with Crippen molar-refractivity contribution in [3.8, 4) is 0 Å². The second-order valence-electron chi connectivity index (χ2n) is 7.46. The van der Waals surface area contributed by atoms with Gasteiger partial charge >= 0.3 is 0 Å². The molecule has 152 valence electrons. The van der Waals surface area contributed by atoms with Gasteiger partial charge in [-0.15, -0.1) is 0 Å². The van der Waals surface area contributed by atoms with Crippen LogP contribution in [0.2, 0.25) is 0 Å². The number of nitrogens with zero attached hydrogens (tertiary/aromatic N) is 1. The first kappa shape index (κ1) is 20.6. The Morgan fingerprint density at radius 1 is 1.03 bits per heavy atom. The molecule has 0 saturated heterocycles. The molecule has 0 fully saturated rings. The number of nitrogens with one attached hydrogen (secondary N) is 2. The van der Waals surface area contributed by atoms with Crippen molar-refractivity contribution in [3.63, 3.8) is 0 Å². The first-order valence-corrected chi connectivity index (χ1v) is 10.6. The Labute approximate surface area is 188 Å². The van der Waals surface area contributed by atoms with E-state index in [2.05, 4.69) is 50.3 Å². The molecular weight excluding hydrogens is 492 g/mol. The van der Waals surface area contributed by atoms with Crippen LogP contribution in [0, 0.1) is 9.39 Å². The molecule has 1 aliphatic heterocycles. The lowest BCUT2D eigenvalue weighted by molar-refractivity contribution is -0.110. The molecule has 2 N–H and O–H groups in total. The van der Waals surface area contributed by atoms with Gasteiger partial charge in [-0.2, -0.15) is 0 Å². The average molecular weight is 513 g/mol. The van der Waals surface area contributed by atoms with Crippen LogP contribution in [0.1, 0.15) is 16.7 Å². The van der Waals surface area contributed by atoms with Crippen molar-refractivity contribution < 1.29 is 9.18 Å². The number of hydrogen-bond donors (Lipinski definition) is 2. The number of halogens is 2. The van der Waals surface area contributed by atoms with Crippen LogP contribution < -0.4 is 10.6 Å². The third-order valence-corrected chi connectivity index (χ3v) is 5.55. The van der Waals surface area contributed by atoms with E-state index in [1.807, 2.05) is 50.5 Å². The third kappa shape index (κ3) is 4.39. The highest BCUT2D eigenvalue weighted by Gasteiger charge is 2.28. The summed E-state index contributed by atoms with van der Waals surface area (Å²) in [5.74, 6) is -0.628. The lowest BCUT2D eigenvalue weighted by atomic mass is 10.00. The lowest BCUT2D eigenvalue weighted by Gasteiger charge is -2.16. The summed E-state index contributed by atoms with van der Waals surface area (Å²) >= 11 is 2.25. The van der Waals surface area contributed by atoms with Crippen molar-refractivity contribution in [1.82, 2.24) is 4.90 Å². The number of benzene rings is 3. The topological polar surface area (TPSA) is 44.4 Å². The van der Waals surface area contributed by atoms with Gasteiger partial charge in [0.05, 0.1) is 17.0 Å². The Morgan fingerprint density at radius 2 is 1.73 bits per heavy atom. The smallest absolute Gasteiger partial charge is 0.258 e. The first-order valence-electron chi connectivity index (χ1n) is 9.53. The van der Waals surface area contributed by atoms with Crippen LogP contribution in [0.3, 0.4) is 0 Å². The van der Waals surface area contributed by atoms with E-state index in [1.54, 1.807) is 6.07 Å². The van der Waals surface area contributed by atoms with Gasteiger partial charge in [-0.25, -0.2) is 4.39 Å². The number of fused-ring (bicyclic) bond motifs is 1. The Morgan fingerprint density at radius 3 is 2.40 bits per heavy atom. The van der Waals surface area contributed by atoms with Gasteiger partial charge in [-0.1, -0.05) is 24.3 Å². The summed E-state index contributed by atoms with van der Waals surface area (Å²) in [6, 6.07) is 20.5. The van der Waals surface area contributed by atoms with Crippen molar-refractivity contribution in [3.05, 3.63) is 92.8 Å². The van der Waals surface area contributed by atoms with E-state index < -0.39 is 0 Å². The van der Waals surface area contributed by atoms with Gasteiger partial charge in [0.25, 0.3) is 5.91 Å². The van der Waals surface area contributed by atoms with E-state index in [-0.39, 0.29) is 11.7 Å². The summed E-state index contributed by atoms with van der Waals surface area (Å²) in [6.45, 7) is 0.854. The van der Waals surface area contributed by atoms with Gasteiger partial charge < -0.3 is 15.5 Å². The summed E-state index contributed by atoms with van der Waals surface area (Å²) in [4.78, 5) is 15.0. The van der Waals surface area contributed by atoms with E-state index in [0.29, 0.717) is 22.5 Å². The van der Waals surface area contributed by atoms with Crippen LogP contribution in [-0.4, -0.2) is 24.9 Å². The molecule has 6 heteroatoms. The van der Waals surface area contributed by atoms with Crippen LogP contribution in [0.5, 0.6) is 0 Å². The molecule has 0 spiro atoms. The highest BCUT2D eigenvalue weighted by Crippen LogP contribution is 2.38. The van der Waals surface area contributed by atoms with Crippen LogP contribution in [0.25, 0.3) is 11.3 Å². The lowest BCUT2D eigenvalue weighted by Crippen LogP contribution is -2.11. The number of anilines is 2. The van der Waals surface area contributed by atoms with Crippen LogP contribution in [0.4, 0.5) is 15.8 Å². The maximum absolute atomic E-state index is 13.7. The summed E-state index contributed by atoms with van der Waals surface area (Å²) in [7, 11) is 4.06. The molecule has 3 aromatic rings. The Bertz CT molecular complexity index is 1120. The van der Waals surface area contributed by atoms with Crippen molar-refractivity contribution in [1.29, 1.82) is 0 Å². The van der Waals surface area contributed by atoms with Gasteiger partial charge in [0.2, 0.25) is 0 Å². The molecule has 0 atom stereocenters. The van der Waals surface area contributed by atoms with Gasteiger partial charge in [0.15, 0.2) is 0 Å². The predicted octanol–water partition coefficient (Wildman–Crippen LogP) is 5.42. The zero-order valence-corrected chi connectivity index (χ0v) is 18.8. The molecule has 30 heavy (non-hydrogen) atoms. The van der Waals surface area contributed by atoms with Gasteiger partial charge in [0.1, 0.15) is 5.82 Å².